The van der Waals surface area contributed by atoms with E-state index in [1.165, 1.54) is 46.2 Å². The highest BCUT2D eigenvalue weighted by molar-refractivity contribution is 7.15. The summed E-state index contributed by atoms with van der Waals surface area (Å²) in [6.45, 7) is 9.36. The fourth-order valence-electron chi connectivity index (χ4n) is 5.56. The summed E-state index contributed by atoms with van der Waals surface area (Å²) in [5.41, 5.74) is 8.34. The topological polar surface area (TPSA) is 12.0 Å². The lowest BCUT2D eigenvalue weighted by Gasteiger charge is -2.46. The predicted molar refractivity (Wildman–Crippen MR) is 138 cm³/mol. The summed E-state index contributed by atoms with van der Waals surface area (Å²) in [6.07, 6.45) is 4.63. The molecule has 1 aliphatic heterocycles. The number of nitrogens with one attached hydrogen (secondary N) is 1. The third-order valence-electron chi connectivity index (χ3n) is 6.47. The standard InChI is InChI=1S/C29H36NP/c1-28(2)18-23(19-29(3,4)30-28)16-21-8-12-24(13-9-21)26-6-5-7-27(17-26)25-14-10-22(20-31)11-15-25/h5-15,17,23,30H,16,18-20,31H2,1-4H3. The van der Waals surface area contributed by atoms with Crippen molar-refractivity contribution in [2.75, 3.05) is 0 Å². The smallest absolute Gasteiger partial charge is 0.0132 e. The van der Waals surface area contributed by atoms with Crippen molar-refractivity contribution in [3.63, 3.8) is 0 Å². The third kappa shape index (κ3) is 5.65. The second-order valence-corrected chi connectivity index (χ2v) is 11.0. The highest BCUT2D eigenvalue weighted by Crippen LogP contribution is 2.35. The maximum Gasteiger partial charge on any atom is 0.0132 e. The molecule has 1 fully saturated rings. The van der Waals surface area contributed by atoms with Crippen molar-refractivity contribution in [3.05, 3.63) is 83.9 Å². The van der Waals surface area contributed by atoms with Gasteiger partial charge in [0.15, 0.2) is 0 Å². The fraction of sp³-hybridized carbons (Fsp3) is 0.379. The first kappa shape index (κ1) is 22.3. The average Bonchev–Trinajstić information content (AvgIpc) is 2.72. The summed E-state index contributed by atoms with van der Waals surface area (Å²) in [7, 11) is 2.79. The molecule has 1 heterocycles. The minimum absolute atomic E-state index is 0.209. The zero-order chi connectivity index (χ0) is 22.1. The number of hydrogen-bond acceptors (Lipinski definition) is 1. The molecule has 2 heteroatoms. The molecule has 0 bridgehead atoms. The van der Waals surface area contributed by atoms with E-state index in [1.807, 2.05) is 0 Å². The van der Waals surface area contributed by atoms with Gasteiger partial charge in [-0.25, -0.2) is 0 Å². The van der Waals surface area contributed by atoms with Crippen LogP contribution in [0.4, 0.5) is 0 Å². The first-order valence-corrected chi connectivity index (χ1v) is 12.3. The lowest BCUT2D eigenvalue weighted by molar-refractivity contribution is 0.128. The van der Waals surface area contributed by atoms with Crippen LogP contribution >= 0.6 is 9.24 Å². The highest BCUT2D eigenvalue weighted by atomic mass is 31.0. The maximum atomic E-state index is 3.80. The van der Waals surface area contributed by atoms with E-state index in [4.69, 9.17) is 0 Å². The average molecular weight is 430 g/mol. The van der Waals surface area contributed by atoms with Crippen molar-refractivity contribution >= 4 is 9.24 Å². The molecule has 0 saturated carbocycles. The molecule has 1 nitrogen and oxygen atoms in total. The summed E-state index contributed by atoms with van der Waals surface area (Å²) in [5, 5.41) is 3.80. The molecule has 1 atom stereocenters. The number of rotatable bonds is 5. The molecule has 0 aromatic heterocycles. The molecule has 0 amide bonds. The monoisotopic (exact) mass is 429 g/mol. The van der Waals surface area contributed by atoms with Crippen LogP contribution < -0.4 is 5.32 Å². The molecule has 162 valence electrons. The predicted octanol–water partition coefficient (Wildman–Crippen LogP) is 7.50. The number of piperidine rings is 1. The molecule has 31 heavy (non-hydrogen) atoms. The first-order valence-electron chi connectivity index (χ1n) is 11.5. The normalized spacial score (nSPS) is 18.1. The van der Waals surface area contributed by atoms with E-state index in [9.17, 15) is 0 Å². The van der Waals surface area contributed by atoms with Gasteiger partial charge >= 0.3 is 0 Å². The van der Waals surface area contributed by atoms with Gasteiger partial charge in [-0.05, 0) is 98.5 Å². The van der Waals surface area contributed by atoms with Crippen LogP contribution in [-0.2, 0) is 12.6 Å². The van der Waals surface area contributed by atoms with Crippen LogP contribution in [0.3, 0.4) is 0 Å². The Bertz CT molecular complexity index is 999. The minimum atomic E-state index is 0.209. The second kappa shape index (κ2) is 8.89. The molecule has 0 aliphatic carbocycles. The van der Waals surface area contributed by atoms with Crippen LogP contribution in [0.1, 0.15) is 51.7 Å². The lowest BCUT2D eigenvalue weighted by atomic mass is 9.74. The molecule has 4 rings (SSSR count). The Labute approximate surface area is 190 Å². The summed E-state index contributed by atoms with van der Waals surface area (Å²) < 4.78 is 0. The van der Waals surface area contributed by atoms with E-state index in [0.29, 0.717) is 0 Å². The van der Waals surface area contributed by atoms with Gasteiger partial charge in [0.1, 0.15) is 0 Å². The van der Waals surface area contributed by atoms with Crippen LogP contribution in [0.2, 0.25) is 0 Å². The molecule has 3 aromatic rings. The van der Waals surface area contributed by atoms with Crippen LogP contribution in [0.25, 0.3) is 22.3 Å². The molecule has 0 spiro atoms. The van der Waals surface area contributed by atoms with Gasteiger partial charge in [0.05, 0.1) is 0 Å². The summed E-state index contributed by atoms with van der Waals surface area (Å²) in [4.78, 5) is 0. The molecule has 1 saturated heterocycles. The zero-order valence-corrected chi connectivity index (χ0v) is 20.6. The van der Waals surface area contributed by atoms with Gasteiger partial charge < -0.3 is 5.32 Å². The molecular weight excluding hydrogens is 393 g/mol. The van der Waals surface area contributed by atoms with Crippen LogP contribution in [0.5, 0.6) is 0 Å². The fourth-order valence-corrected chi connectivity index (χ4v) is 5.83. The van der Waals surface area contributed by atoms with Gasteiger partial charge in [-0.2, -0.15) is 0 Å². The minimum Gasteiger partial charge on any atom is -0.307 e. The van der Waals surface area contributed by atoms with E-state index in [0.717, 1.165) is 18.5 Å². The van der Waals surface area contributed by atoms with Crippen molar-refractivity contribution in [2.45, 2.75) is 64.2 Å². The van der Waals surface area contributed by atoms with Crippen molar-refractivity contribution in [1.82, 2.24) is 5.32 Å². The Morgan fingerprint density at radius 1 is 0.710 bits per heavy atom. The van der Waals surface area contributed by atoms with E-state index in [-0.39, 0.29) is 11.1 Å². The summed E-state index contributed by atoms with van der Waals surface area (Å²) >= 11 is 0. The number of hydrogen-bond donors (Lipinski definition) is 1. The van der Waals surface area contributed by atoms with Gasteiger partial charge in [-0.3, -0.25) is 0 Å². The second-order valence-electron chi connectivity index (χ2n) is 10.5. The third-order valence-corrected chi connectivity index (χ3v) is 6.94. The Morgan fingerprint density at radius 3 is 1.68 bits per heavy atom. The Hall–Kier alpha value is -1.95. The molecule has 3 aromatic carbocycles. The molecule has 1 N–H and O–H groups in total. The summed E-state index contributed by atoms with van der Waals surface area (Å²) in [5.74, 6) is 0.727. The van der Waals surface area contributed by atoms with E-state index in [2.05, 4.69) is 115 Å². The van der Waals surface area contributed by atoms with Crippen molar-refractivity contribution in [3.8, 4) is 22.3 Å². The van der Waals surface area contributed by atoms with E-state index in [1.54, 1.807) is 0 Å². The maximum absolute atomic E-state index is 3.80. The van der Waals surface area contributed by atoms with Gasteiger partial charge in [-0.15, -0.1) is 9.24 Å². The van der Waals surface area contributed by atoms with Gasteiger partial charge in [-0.1, -0.05) is 66.7 Å². The van der Waals surface area contributed by atoms with Crippen LogP contribution in [-0.4, -0.2) is 11.1 Å². The molecule has 1 aliphatic rings. The van der Waals surface area contributed by atoms with Gasteiger partial charge in [0, 0.05) is 11.1 Å². The Kier molecular flexibility index (Phi) is 6.38. The van der Waals surface area contributed by atoms with Crippen molar-refractivity contribution < 1.29 is 0 Å². The van der Waals surface area contributed by atoms with Crippen LogP contribution in [0.15, 0.2) is 72.8 Å². The Morgan fingerprint density at radius 2 is 1.19 bits per heavy atom. The van der Waals surface area contributed by atoms with Gasteiger partial charge in [0.25, 0.3) is 0 Å². The van der Waals surface area contributed by atoms with Crippen molar-refractivity contribution in [1.29, 1.82) is 0 Å². The van der Waals surface area contributed by atoms with Crippen LogP contribution in [0, 0.1) is 5.92 Å². The molecular formula is C29H36NP. The summed E-state index contributed by atoms with van der Waals surface area (Å²) in [6, 6.07) is 27.0. The number of benzene rings is 3. The Balaban J connectivity index is 1.49. The SMILES string of the molecule is CC1(C)CC(Cc2ccc(-c3cccc(-c4ccc(CP)cc4)c3)cc2)CC(C)(C)N1. The highest BCUT2D eigenvalue weighted by Gasteiger charge is 2.37. The van der Waals surface area contributed by atoms with Crippen molar-refractivity contribution in [2.24, 2.45) is 5.92 Å². The first-order chi connectivity index (χ1) is 14.7. The van der Waals surface area contributed by atoms with Gasteiger partial charge in [0.2, 0.25) is 0 Å². The quantitative estimate of drug-likeness (QED) is 0.414. The zero-order valence-electron chi connectivity index (χ0n) is 19.4. The lowest BCUT2D eigenvalue weighted by Crippen LogP contribution is -2.58. The molecule has 1 unspecified atom stereocenters. The molecule has 0 radical (unpaired) electrons. The largest absolute Gasteiger partial charge is 0.307 e. The van der Waals surface area contributed by atoms with E-state index >= 15 is 0 Å². The van der Waals surface area contributed by atoms with E-state index < -0.39 is 0 Å².